The van der Waals surface area contributed by atoms with Gasteiger partial charge in [0.05, 0.1) is 28.9 Å². The molecule has 0 atom stereocenters. The molecule has 0 bridgehead atoms. The van der Waals surface area contributed by atoms with Crippen molar-refractivity contribution in [3.05, 3.63) is 22.8 Å². The first-order valence-corrected chi connectivity index (χ1v) is 5.54. The molecule has 0 saturated carbocycles. The van der Waals surface area contributed by atoms with Crippen LogP contribution in [-0.4, -0.2) is 22.2 Å². The summed E-state index contributed by atoms with van der Waals surface area (Å²) in [6, 6.07) is 0. The van der Waals surface area contributed by atoms with Crippen molar-refractivity contribution in [1.29, 1.82) is 0 Å². The monoisotopic (exact) mass is 238 g/mol. The van der Waals surface area contributed by atoms with E-state index in [1.807, 2.05) is 20.8 Å². The van der Waals surface area contributed by atoms with Gasteiger partial charge in [0.15, 0.2) is 0 Å². The van der Waals surface area contributed by atoms with Gasteiger partial charge in [0.1, 0.15) is 6.61 Å². The van der Waals surface area contributed by atoms with Gasteiger partial charge in [0.25, 0.3) is 0 Å². The fourth-order valence-electron chi connectivity index (χ4n) is 1.25. The van der Waals surface area contributed by atoms with Crippen molar-refractivity contribution in [2.75, 3.05) is 0 Å². The third-order valence-electron chi connectivity index (χ3n) is 2.24. The molecule has 5 nitrogen and oxygen atoms in total. The van der Waals surface area contributed by atoms with E-state index in [0.29, 0.717) is 5.69 Å². The van der Waals surface area contributed by atoms with Crippen LogP contribution in [0.4, 0.5) is 4.79 Å². The molecule has 1 rings (SSSR count). The van der Waals surface area contributed by atoms with E-state index in [1.165, 1.54) is 0 Å². The maximum Gasteiger partial charge on any atom is 0.508 e. The van der Waals surface area contributed by atoms with E-state index in [9.17, 15) is 4.79 Å². The number of carbonyl (C=O) groups excluding carboxylic acids is 1. The third kappa shape index (κ3) is 4.01. The summed E-state index contributed by atoms with van der Waals surface area (Å²) in [7, 11) is 0. The van der Waals surface area contributed by atoms with Crippen LogP contribution in [0.2, 0.25) is 0 Å². The lowest BCUT2D eigenvalue weighted by molar-refractivity contribution is 0.0289. The summed E-state index contributed by atoms with van der Waals surface area (Å²) in [5.41, 5.74) is 3.15. The summed E-state index contributed by atoms with van der Waals surface area (Å²) in [4.78, 5) is 19.8. The van der Waals surface area contributed by atoms with Crippen LogP contribution in [-0.2, 0) is 16.1 Å². The molecule has 0 N–H and O–H groups in total. The predicted molar refractivity (Wildman–Crippen MR) is 62.6 cm³/mol. The lowest BCUT2D eigenvalue weighted by Crippen LogP contribution is -2.14. The predicted octanol–water partition coefficient (Wildman–Crippen LogP) is 2.46. The molecule has 0 radical (unpaired) electrons. The first-order valence-electron chi connectivity index (χ1n) is 5.54. The number of hydrogen-bond acceptors (Lipinski definition) is 5. The van der Waals surface area contributed by atoms with Crippen LogP contribution in [0.5, 0.6) is 0 Å². The number of aryl methyl sites for hydroxylation is 3. The van der Waals surface area contributed by atoms with E-state index < -0.39 is 6.16 Å². The average molecular weight is 238 g/mol. The Kier molecular flexibility index (Phi) is 4.43. The molecule has 0 aliphatic rings. The molecular weight excluding hydrogens is 220 g/mol. The first kappa shape index (κ1) is 13.4. The molecule has 0 aromatic carbocycles. The van der Waals surface area contributed by atoms with Gasteiger partial charge in [-0.15, -0.1) is 0 Å². The van der Waals surface area contributed by atoms with Gasteiger partial charge in [0, 0.05) is 0 Å². The zero-order valence-electron chi connectivity index (χ0n) is 10.9. The summed E-state index contributed by atoms with van der Waals surface area (Å²) < 4.78 is 9.81. The van der Waals surface area contributed by atoms with Crippen molar-refractivity contribution in [2.24, 2.45) is 0 Å². The van der Waals surface area contributed by atoms with Gasteiger partial charge in [-0.2, -0.15) is 0 Å². The Hall–Kier alpha value is -1.65. The number of hydrogen-bond donors (Lipinski definition) is 0. The van der Waals surface area contributed by atoms with E-state index in [0.717, 1.165) is 17.1 Å². The molecule has 0 saturated heterocycles. The van der Waals surface area contributed by atoms with Crippen molar-refractivity contribution in [1.82, 2.24) is 9.97 Å². The second-order valence-corrected chi connectivity index (χ2v) is 4.13. The Bertz CT molecular complexity index is 416. The average Bonchev–Trinajstić information content (AvgIpc) is 2.20. The third-order valence-corrected chi connectivity index (χ3v) is 2.24. The Balaban J connectivity index is 2.63. The lowest BCUT2D eigenvalue weighted by Gasteiger charge is -2.10. The largest absolute Gasteiger partial charge is 0.508 e. The summed E-state index contributed by atoms with van der Waals surface area (Å²) >= 11 is 0. The Labute approximate surface area is 101 Å². The highest BCUT2D eigenvalue weighted by Gasteiger charge is 2.10. The molecule has 0 fully saturated rings. The van der Waals surface area contributed by atoms with Crippen LogP contribution in [0.1, 0.15) is 36.6 Å². The summed E-state index contributed by atoms with van der Waals surface area (Å²) in [5, 5.41) is 0. The summed E-state index contributed by atoms with van der Waals surface area (Å²) in [6.45, 7) is 9.23. The molecule has 5 heteroatoms. The van der Waals surface area contributed by atoms with Crippen LogP contribution >= 0.6 is 0 Å². The van der Waals surface area contributed by atoms with Crippen LogP contribution in [0.25, 0.3) is 0 Å². The minimum atomic E-state index is -0.681. The van der Waals surface area contributed by atoms with Crippen LogP contribution in [0.15, 0.2) is 0 Å². The van der Waals surface area contributed by atoms with E-state index in [1.54, 1.807) is 13.8 Å². The topological polar surface area (TPSA) is 61.3 Å². The van der Waals surface area contributed by atoms with Crippen molar-refractivity contribution in [2.45, 2.75) is 47.3 Å². The van der Waals surface area contributed by atoms with Gasteiger partial charge >= 0.3 is 6.16 Å². The van der Waals surface area contributed by atoms with E-state index >= 15 is 0 Å². The van der Waals surface area contributed by atoms with Crippen LogP contribution in [0, 0.1) is 20.8 Å². The fourth-order valence-corrected chi connectivity index (χ4v) is 1.25. The molecular formula is C12H18N2O3. The smallest absolute Gasteiger partial charge is 0.432 e. The maximum atomic E-state index is 11.2. The van der Waals surface area contributed by atoms with Crippen LogP contribution < -0.4 is 0 Å². The molecule has 1 aromatic heterocycles. The van der Waals surface area contributed by atoms with E-state index in [4.69, 9.17) is 9.47 Å². The summed E-state index contributed by atoms with van der Waals surface area (Å²) in [5.74, 6) is 0. The Morgan fingerprint density at radius 1 is 1.12 bits per heavy atom. The van der Waals surface area contributed by atoms with Gasteiger partial charge in [-0.1, -0.05) is 0 Å². The zero-order valence-corrected chi connectivity index (χ0v) is 10.9. The van der Waals surface area contributed by atoms with Gasteiger partial charge < -0.3 is 9.47 Å². The van der Waals surface area contributed by atoms with Crippen LogP contribution in [0.3, 0.4) is 0 Å². The fraction of sp³-hybridized carbons (Fsp3) is 0.583. The number of nitrogens with zero attached hydrogens (tertiary/aromatic N) is 2. The highest BCUT2D eigenvalue weighted by molar-refractivity contribution is 5.60. The SMILES string of the molecule is Cc1nc(C)c(COC(=O)OC(C)C)nc1C. The molecule has 1 aromatic rings. The van der Waals surface area contributed by atoms with Crippen molar-refractivity contribution in [3.8, 4) is 0 Å². The lowest BCUT2D eigenvalue weighted by atomic mass is 10.3. The maximum absolute atomic E-state index is 11.2. The highest BCUT2D eigenvalue weighted by Crippen LogP contribution is 2.08. The number of carbonyl (C=O) groups is 1. The first-order chi connectivity index (χ1) is 7.90. The van der Waals surface area contributed by atoms with Gasteiger partial charge in [-0.05, 0) is 34.6 Å². The number of aromatic nitrogens is 2. The molecule has 0 unspecified atom stereocenters. The van der Waals surface area contributed by atoms with Gasteiger partial charge in [0.2, 0.25) is 0 Å². The van der Waals surface area contributed by atoms with Crippen molar-refractivity contribution in [3.63, 3.8) is 0 Å². The number of ether oxygens (including phenoxy) is 2. The normalized spacial score (nSPS) is 10.5. The Morgan fingerprint density at radius 3 is 2.29 bits per heavy atom. The molecule has 94 valence electrons. The number of rotatable bonds is 3. The van der Waals surface area contributed by atoms with E-state index in [2.05, 4.69) is 9.97 Å². The van der Waals surface area contributed by atoms with Crippen molar-refractivity contribution < 1.29 is 14.3 Å². The van der Waals surface area contributed by atoms with Gasteiger partial charge in [-0.3, -0.25) is 9.97 Å². The molecule has 0 aliphatic carbocycles. The van der Waals surface area contributed by atoms with E-state index in [-0.39, 0.29) is 12.7 Å². The molecule has 17 heavy (non-hydrogen) atoms. The summed E-state index contributed by atoms with van der Waals surface area (Å²) in [6.07, 6.45) is -0.867. The minimum absolute atomic E-state index is 0.0888. The van der Waals surface area contributed by atoms with Gasteiger partial charge in [-0.25, -0.2) is 4.79 Å². The molecule has 0 aliphatic heterocycles. The molecule has 0 amide bonds. The molecule has 0 spiro atoms. The second-order valence-electron chi connectivity index (χ2n) is 4.13. The molecule has 1 heterocycles. The highest BCUT2D eigenvalue weighted by atomic mass is 16.7. The zero-order chi connectivity index (χ0) is 13.0. The quantitative estimate of drug-likeness (QED) is 0.757. The Morgan fingerprint density at radius 2 is 1.71 bits per heavy atom. The van der Waals surface area contributed by atoms with Crippen molar-refractivity contribution >= 4 is 6.16 Å². The minimum Gasteiger partial charge on any atom is -0.432 e. The standard InChI is InChI=1S/C12H18N2O3/c1-7(2)17-12(15)16-6-11-10(5)13-8(3)9(4)14-11/h7H,6H2,1-5H3. The second kappa shape index (κ2) is 5.61.